The number of nitro groups is 1. The van der Waals surface area contributed by atoms with Crippen molar-refractivity contribution in [3.63, 3.8) is 0 Å². The van der Waals surface area contributed by atoms with Gasteiger partial charge in [0.15, 0.2) is 0 Å². The molecule has 0 saturated heterocycles. The van der Waals surface area contributed by atoms with Crippen LogP contribution in [0.2, 0.25) is 5.02 Å². The zero-order chi connectivity index (χ0) is 15.2. The van der Waals surface area contributed by atoms with E-state index in [0.717, 1.165) is 0 Å². The van der Waals surface area contributed by atoms with Crippen LogP contribution in [0.25, 0.3) is 6.08 Å². The van der Waals surface area contributed by atoms with E-state index in [1.54, 1.807) is 42.5 Å². The summed E-state index contributed by atoms with van der Waals surface area (Å²) < 4.78 is 0. The summed E-state index contributed by atoms with van der Waals surface area (Å²) in [5.74, 6) is -0.332. The Morgan fingerprint density at radius 1 is 1.14 bits per heavy atom. The number of rotatable bonds is 4. The van der Waals surface area contributed by atoms with E-state index in [1.165, 1.54) is 18.2 Å². The van der Waals surface area contributed by atoms with E-state index < -0.39 is 4.92 Å². The first-order valence-electron chi connectivity index (χ1n) is 6.04. The first-order chi connectivity index (χ1) is 10.1. The molecule has 0 spiro atoms. The van der Waals surface area contributed by atoms with E-state index in [2.05, 4.69) is 5.32 Å². The van der Waals surface area contributed by atoms with Gasteiger partial charge in [0.2, 0.25) is 5.91 Å². The predicted octanol–water partition coefficient (Wildman–Crippen LogP) is 3.90. The monoisotopic (exact) mass is 302 g/mol. The summed E-state index contributed by atoms with van der Waals surface area (Å²) >= 11 is 5.93. The van der Waals surface area contributed by atoms with Crippen LogP contribution in [0.4, 0.5) is 11.4 Å². The van der Waals surface area contributed by atoms with Crippen molar-refractivity contribution >= 4 is 35.0 Å². The van der Waals surface area contributed by atoms with Crippen molar-refractivity contribution in [1.82, 2.24) is 0 Å². The van der Waals surface area contributed by atoms with E-state index in [4.69, 9.17) is 11.6 Å². The van der Waals surface area contributed by atoms with Gasteiger partial charge >= 0.3 is 0 Å². The molecule has 5 nitrogen and oxygen atoms in total. The molecule has 2 aromatic rings. The van der Waals surface area contributed by atoms with Crippen molar-refractivity contribution in [3.05, 3.63) is 75.3 Å². The number of carbonyl (C=O) groups is 1. The lowest BCUT2D eigenvalue weighted by atomic mass is 10.2. The highest BCUT2D eigenvalue weighted by atomic mass is 35.5. The SMILES string of the molecule is O=C(C=Cc1ccc([N+](=O)[O-])cc1)Nc1ccccc1Cl. The maximum atomic E-state index is 11.7. The Labute approximate surface area is 126 Å². The summed E-state index contributed by atoms with van der Waals surface area (Å²) in [7, 11) is 0. The number of hydrogen-bond acceptors (Lipinski definition) is 3. The van der Waals surface area contributed by atoms with Crippen molar-refractivity contribution in [2.24, 2.45) is 0 Å². The van der Waals surface area contributed by atoms with Crippen LogP contribution in [0.1, 0.15) is 5.56 Å². The van der Waals surface area contributed by atoms with Crippen molar-refractivity contribution in [3.8, 4) is 0 Å². The zero-order valence-corrected chi connectivity index (χ0v) is 11.6. The molecule has 0 aliphatic heterocycles. The van der Waals surface area contributed by atoms with Gasteiger partial charge < -0.3 is 5.32 Å². The van der Waals surface area contributed by atoms with E-state index in [9.17, 15) is 14.9 Å². The Morgan fingerprint density at radius 3 is 2.43 bits per heavy atom. The number of para-hydroxylation sites is 1. The molecule has 0 aliphatic rings. The van der Waals surface area contributed by atoms with Crippen LogP contribution in [-0.2, 0) is 4.79 Å². The first-order valence-corrected chi connectivity index (χ1v) is 6.42. The van der Waals surface area contributed by atoms with Crippen molar-refractivity contribution in [2.45, 2.75) is 0 Å². The van der Waals surface area contributed by atoms with Crippen molar-refractivity contribution < 1.29 is 9.72 Å². The average molecular weight is 303 g/mol. The summed E-state index contributed by atoms with van der Waals surface area (Å²) in [4.78, 5) is 21.8. The van der Waals surface area contributed by atoms with E-state index in [1.807, 2.05) is 0 Å². The Hall–Kier alpha value is -2.66. The second-order valence-corrected chi connectivity index (χ2v) is 4.56. The lowest BCUT2D eigenvalue weighted by molar-refractivity contribution is -0.384. The van der Waals surface area contributed by atoms with Gasteiger partial charge in [-0.3, -0.25) is 14.9 Å². The number of halogens is 1. The van der Waals surface area contributed by atoms with Gasteiger partial charge in [-0.25, -0.2) is 0 Å². The van der Waals surface area contributed by atoms with Gasteiger partial charge in [-0.1, -0.05) is 23.7 Å². The quantitative estimate of drug-likeness (QED) is 0.529. The standard InChI is InChI=1S/C15H11ClN2O3/c16-13-3-1-2-4-14(13)17-15(19)10-7-11-5-8-12(9-6-11)18(20)21/h1-10H,(H,17,19). The van der Waals surface area contributed by atoms with Crippen LogP contribution in [-0.4, -0.2) is 10.8 Å². The lowest BCUT2D eigenvalue weighted by Gasteiger charge is -2.03. The summed E-state index contributed by atoms with van der Waals surface area (Å²) in [6, 6.07) is 12.8. The molecule has 0 heterocycles. The number of nitrogens with one attached hydrogen (secondary N) is 1. The first kappa shape index (κ1) is 14.7. The van der Waals surface area contributed by atoms with Gasteiger partial charge in [0.05, 0.1) is 15.6 Å². The zero-order valence-electron chi connectivity index (χ0n) is 10.8. The third-order valence-corrected chi connectivity index (χ3v) is 2.99. The minimum atomic E-state index is -0.475. The number of nitro benzene ring substituents is 1. The Bertz CT molecular complexity index is 696. The fourth-order valence-corrected chi connectivity index (χ4v) is 1.80. The predicted molar refractivity (Wildman–Crippen MR) is 82.2 cm³/mol. The average Bonchev–Trinajstić information content (AvgIpc) is 2.48. The fourth-order valence-electron chi connectivity index (χ4n) is 1.62. The number of non-ortho nitro benzene ring substituents is 1. The van der Waals surface area contributed by atoms with Gasteiger partial charge in [-0.15, -0.1) is 0 Å². The minimum absolute atomic E-state index is 0.00710. The summed E-state index contributed by atoms with van der Waals surface area (Å²) in [5, 5.41) is 13.6. The molecule has 106 valence electrons. The third kappa shape index (κ3) is 4.15. The maximum absolute atomic E-state index is 11.7. The van der Waals surface area contributed by atoms with Gasteiger partial charge in [0.25, 0.3) is 5.69 Å². The number of anilines is 1. The summed E-state index contributed by atoms with van der Waals surface area (Å²) in [6.07, 6.45) is 2.90. The van der Waals surface area contributed by atoms with E-state index in [0.29, 0.717) is 16.3 Å². The topological polar surface area (TPSA) is 72.2 Å². The molecule has 6 heteroatoms. The van der Waals surface area contributed by atoms with Gasteiger partial charge in [-0.2, -0.15) is 0 Å². The molecule has 0 unspecified atom stereocenters. The number of carbonyl (C=O) groups excluding carboxylic acids is 1. The van der Waals surface area contributed by atoms with Crippen LogP contribution in [0.3, 0.4) is 0 Å². The molecular formula is C15H11ClN2O3. The molecule has 2 aromatic carbocycles. The number of nitrogens with zero attached hydrogens (tertiary/aromatic N) is 1. The van der Waals surface area contributed by atoms with Crippen LogP contribution < -0.4 is 5.32 Å². The highest BCUT2D eigenvalue weighted by Gasteiger charge is 2.04. The number of hydrogen-bond donors (Lipinski definition) is 1. The minimum Gasteiger partial charge on any atom is -0.321 e. The Kier molecular flexibility index (Phi) is 4.68. The highest BCUT2D eigenvalue weighted by molar-refractivity contribution is 6.33. The number of benzene rings is 2. The van der Waals surface area contributed by atoms with Crippen LogP contribution in [0.15, 0.2) is 54.6 Å². The molecular weight excluding hydrogens is 292 g/mol. The van der Waals surface area contributed by atoms with Gasteiger partial charge in [-0.05, 0) is 35.9 Å². The summed E-state index contributed by atoms with van der Waals surface area (Å²) in [6.45, 7) is 0. The van der Waals surface area contributed by atoms with Gasteiger partial charge in [0, 0.05) is 18.2 Å². The Morgan fingerprint density at radius 2 is 1.81 bits per heavy atom. The maximum Gasteiger partial charge on any atom is 0.269 e. The van der Waals surface area contributed by atoms with Gasteiger partial charge in [0.1, 0.15) is 0 Å². The molecule has 1 amide bonds. The van der Waals surface area contributed by atoms with E-state index >= 15 is 0 Å². The highest BCUT2D eigenvalue weighted by Crippen LogP contribution is 2.20. The second-order valence-electron chi connectivity index (χ2n) is 4.15. The van der Waals surface area contributed by atoms with Crippen LogP contribution >= 0.6 is 11.6 Å². The fraction of sp³-hybridized carbons (Fsp3) is 0. The molecule has 0 bridgehead atoms. The molecule has 0 saturated carbocycles. The molecule has 0 aromatic heterocycles. The number of amides is 1. The van der Waals surface area contributed by atoms with Crippen LogP contribution in [0, 0.1) is 10.1 Å². The molecule has 1 N–H and O–H groups in total. The molecule has 0 aliphatic carbocycles. The van der Waals surface area contributed by atoms with Crippen molar-refractivity contribution in [2.75, 3.05) is 5.32 Å². The second kappa shape index (κ2) is 6.67. The summed E-state index contributed by atoms with van der Waals surface area (Å²) in [5.41, 5.74) is 1.22. The molecule has 0 radical (unpaired) electrons. The smallest absolute Gasteiger partial charge is 0.269 e. The molecule has 2 rings (SSSR count). The largest absolute Gasteiger partial charge is 0.321 e. The molecule has 0 atom stereocenters. The lowest BCUT2D eigenvalue weighted by Crippen LogP contribution is -2.07. The van der Waals surface area contributed by atoms with Crippen LogP contribution in [0.5, 0.6) is 0 Å². The normalized spacial score (nSPS) is 10.5. The van der Waals surface area contributed by atoms with E-state index in [-0.39, 0.29) is 11.6 Å². The Balaban J connectivity index is 2.02. The molecule has 21 heavy (non-hydrogen) atoms. The molecule has 0 fully saturated rings. The van der Waals surface area contributed by atoms with Crippen molar-refractivity contribution in [1.29, 1.82) is 0 Å². The third-order valence-electron chi connectivity index (χ3n) is 2.66.